The standard InChI is InChI=1S/C25H33BrN6O2/c1-16-18-12-17(25(18,2)3)13-19(16)29-20-14-28-32(24(34)23(20)26)15-22(33)31-10-8-30(9-11-31)21-6-4-5-7-27-21/h4-7,14,16-19,29H,8-13,15H2,1-3H3/t16-,17+,18-,19-/m1/s1. The SMILES string of the molecule is C[C@@H]1[C@H]2C[C@@H](C[C@H]1Nc1cnn(CC(=O)N3CCN(c4ccccn4)CC3)c(=O)c1Br)C2(C)C. The fraction of sp³-hybridized carbons (Fsp3) is 0.600. The molecule has 3 heterocycles. The maximum atomic E-state index is 13.0. The minimum atomic E-state index is -0.278. The van der Waals surface area contributed by atoms with E-state index in [2.05, 4.69) is 57.0 Å². The van der Waals surface area contributed by atoms with Crippen LogP contribution in [0.4, 0.5) is 11.5 Å². The molecule has 0 aromatic carbocycles. The maximum absolute atomic E-state index is 13.0. The Balaban J connectivity index is 1.20. The Morgan fingerprint density at radius 1 is 1.21 bits per heavy atom. The first-order chi connectivity index (χ1) is 16.3. The third-order valence-electron chi connectivity index (χ3n) is 8.57. The zero-order valence-corrected chi connectivity index (χ0v) is 21.7. The molecule has 3 saturated carbocycles. The number of halogens is 1. The van der Waals surface area contributed by atoms with E-state index in [1.165, 1.54) is 11.1 Å². The van der Waals surface area contributed by atoms with Gasteiger partial charge in [0.05, 0.1) is 11.9 Å². The number of piperazine rings is 1. The molecule has 3 aliphatic carbocycles. The highest BCUT2D eigenvalue weighted by molar-refractivity contribution is 9.10. The van der Waals surface area contributed by atoms with Gasteiger partial charge < -0.3 is 15.1 Å². The number of nitrogens with one attached hydrogen (secondary N) is 1. The molecule has 34 heavy (non-hydrogen) atoms. The lowest BCUT2D eigenvalue weighted by Gasteiger charge is -2.62. The van der Waals surface area contributed by atoms with Crippen LogP contribution >= 0.6 is 15.9 Å². The normalized spacial score (nSPS) is 27.8. The average molecular weight is 529 g/mol. The Hall–Kier alpha value is -2.42. The number of fused-ring (bicyclic) bond motifs is 2. The molecule has 8 nitrogen and oxygen atoms in total. The van der Waals surface area contributed by atoms with E-state index in [9.17, 15) is 9.59 Å². The molecule has 0 spiro atoms. The lowest BCUT2D eigenvalue weighted by atomic mass is 9.45. The van der Waals surface area contributed by atoms with Crippen LogP contribution < -0.4 is 15.8 Å². The van der Waals surface area contributed by atoms with Crippen molar-refractivity contribution in [2.24, 2.45) is 23.2 Å². The lowest BCUT2D eigenvalue weighted by Crippen LogP contribution is -2.58. The third kappa shape index (κ3) is 4.12. The molecule has 4 atom stereocenters. The molecule has 2 aromatic rings. The summed E-state index contributed by atoms with van der Waals surface area (Å²) in [5.74, 6) is 2.82. The molecule has 1 aliphatic heterocycles. The second-order valence-electron chi connectivity index (χ2n) is 10.6. The molecule has 2 bridgehead atoms. The number of carbonyl (C=O) groups excluding carboxylic acids is 1. The average Bonchev–Trinajstić information content (AvgIpc) is 2.85. The van der Waals surface area contributed by atoms with Crippen LogP contribution in [0.25, 0.3) is 0 Å². The van der Waals surface area contributed by atoms with Crippen LogP contribution in [-0.2, 0) is 11.3 Å². The summed E-state index contributed by atoms with van der Waals surface area (Å²) < 4.78 is 1.70. The first kappa shape index (κ1) is 23.3. The quantitative estimate of drug-likeness (QED) is 0.641. The van der Waals surface area contributed by atoms with Crippen molar-refractivity contribution in [3.8, 4) is 0 Å². The molecule has 2 aromatic heterocycles. The molecule has 1 N–H and O–H groups in total. The highest BCUT2D eigenvalue weighted by Crippen LogP contribution is 2.61. The summed E-state index contributed by atoms with van der Waals surface area (Å²) in [6, 6.07) is 6.17. The number of nitrogens with zero attached hydrogens (tertiary/aromatic N) is 5. The van der Waals surface area contributed by atoms with Gasteiger partial charge in [0.2, 0.25) is 5.91 Å². The van der Waals surface area contributed by atoms with Crippen molar-refractivity contribution in [2.45, 2.75) is 46.2 Å². The smallest absolute Gasteiger partial charge is 0.283 e. The molecule has 1 amide bonds. The fourth-order valence-corrected chi connectivity index (χ4v) is 6.59. The summed E-state index contributed by atoms with van der Waals surface area (Å²) in [5, 5.41) is 7.90. The predicted molar refractivity (Wildman–Crippen MR) is 136 cm³/mol. The predicted octanol–water partition coefficient (Wildman–Crippen LogP) is 3.23. The van der Waals surface area contributed by atoms with Crippen molar-refractivity contribution in [3.05, 3.63) is 45.4 Å². The second-order valence-corrected chi connectivity index (χ2v) is 11.4. The minimum absolute atomic E-state index is 0.0561. The van der Waals surface area contributed by atoms with E-state index in [1.807, 2.05) is 18.2 Å². The van der Waals surface area contributed by atoms with E-state index in [0.717, 1.165) is 31.2 Å². The second kappa shape index (κ2) is 8.98. The summed E-state index contributed by atoms with van der Waals surface area (Å²) in [4.78, 5) is 34.2. The maximum Gasteiger partial charge on any atom is 0.283 e. The first-order valence-electron chi connectivity index (χ1n) is 12.2. The van der Waals surface area contributed by atoms with Gasteiger partial charge in [-0.2, -0.15) is 5.10 Å². The molecule has 0 unspecified atom stereocenters. The van der Waals surface area contributed by atoms with Crippen molar-refractivity contribution in [2.75, 3.05) is 36.4 Å². The molecule has 9 heteroatoms. The van der Waals surface area contributed by atoms with Crippen molar-refractivity contribution in [3.63, 3.8) is 0 Å². The van der Waals surface area contributed by atoms with Gasteiger partial charge in [-0.1, -0.05) is 26.8 Å². The molecule has 0 radical (unpaired) electrons. The molecular formula is C25H33BrN6O2. The number of anilines is 2. The van der Waals surface area contributed by atoms with E-state index in [0.29, 0.717) is 46.5 Å². The number of hydrogen-bond donors (Lipinski definition) is 1. The van der Waals surface area contributed by atoms with Crippen LogP contribution in [0.15, 0.2) is 39.9 Å². The zero-order chi connectivity index (χ0) is 24.0. The Kier molecular flexibility index (Phi) is 6.16. The van der Waals surface area contributed by atoms with Gasteiger partial charge in [-0.3, -0.25) is 9.59 Å². The van der Waals surface area contributed by atoms with Crippen molar-refractivity contribution < 1.29 is 4.79 Å². The summed E-state index contributed by atoms with van der Waals surface area (Å²) in [6.07, 6.45) is 5.88. The van der Waals surface area contributed by atoms with Crippen LogP contribution in [0.2, 0.25) is 0 Å². The van der Waals surface area contributed by atoms with Gasteiger partial charge in [-0.25, -0.2) is 9.67 Å². The molecule has 1 saturated heterocycles. The fourth-order valence-electron chi connectivity index (χ4n) is 6.17. The van der Waals surface area contributed by atoms with Gasteiger partial charge in [0.25, 0.3) is 5.56 Å². The molecule has 6 rings (SSSR count). The molecule has 182 valence electrons. The molecule has 4 fully saturated rings. The first-order valence-corrected chi connectivity index (χ1v) is 13.0. The third-order valence-corrected chi connectivity index (χ3v) is 9.34. The zero-order valence-electron chi connectivity index (χ0n) is 20.1. The van der Waals surface area contributed by atoms with E-state index < -0.39 is 0 Å². The number of amides is 1. The number of hydrogen-bond acceptors (Lipinski definition) is 6. The number of rotatable bonds is 5. The van der Waals surface area contributed by atoms with Crippen LogP contribution in [0, 0.1) is 23.2 Å². The van der Waals surface area contributed by atoms with Gasteiger partial charge in [0.15, 0.2) is 0 Å². The summed E-state index contributed by atoms with van der Waals surface area (Å²) >= 11 is 3.47. The number of pyridine rings is 1. The Morgan fingerprint density at radius 2 is 1.97 bits per heavy atom. The minimum Gasteiger partial charge on any atom is -0.380 e. The molecule has 4 aliphatic rings. The summed E-state index contributed by atoms with van der Waals surface area (Å²) in [6.45, 7) is 9.66. The molecular weight excluding hydrogens is 496 g/mol. The number of carbonyl (C=O) groups is 1. The highest BCUT2D eigenvalue weighted by atomic mass is 79.9. The van der Waals surface area contributed by atoms with Crippen LogP contribution in [-0.4, -0.2) is 57.8 Å². The van der Waals surface area contributed by atoms with Crippen molar-refractivity contribution in [1.29, 1.82) is 0 Å². The Morgan fingerprint density at radius 3 is 2.62 bits per heavy atom. The van der Waals surface area contributed by atoms with E-state index in [1.54, 1.807) is 17.3 Å². The summed E-state index contributed by atoms with van der Waals surface area (Å²) in [5.41, 5.74) is 0.855. The lowest BCUT2D eigenvalue weighted by molar-refractivity contribution is -0.132. The topological polar surface area (TPSA) is 83.4 Å². The van der Waals surface area contributed by atoms with Crippen LogP contribution in [0.1, 0.15) is 33.6 Å². The monoisotopic (exact) mass is 528 g/mol. The van der Waals surface area contributed by atoms with Gasteiger partial charge >= 0.3 is 0 Å². The van der Waals surface area contributed by atoms with Gasteiger partial charge in [-0.15, -0.1) is 0 Å². The Bertz CT molecular complexity index is 1110. The van der Waals surface area contributed by atoms with E-state index in [4.69, 9.17) is 0 Å². The van der Waals surface area contributed by atoms with Gasteiger partial charge in [-0.05, 0) is 64.1 Å². The largest absolute Gasteiger partial charge is 0.380 e. The highest BCUT2D eigenvalue weighted by Gasteiger charge is 2.56. The number of aromatic nitrogens is 3. The van der Waals surface area contributed by atoms with Crippen LogP contribution in [0.5, 0.6) is 0 Å². The van der Waals surface area contributed by atoms with Crippen LogP contribution in [0.3, 0.4) is 0 Å². The van der Waals surface area contributed by atoms with Gasteiger partial charge in [0.1, 0.15) is 16.8 Å². The van der Waals surface area contributed by atoms with Crippen molar-refractivity contribution >= 4 is 33.3 Å². The van der Waals surface area contributed by atoms with Gasteiger partial charge in [0, 0.05) is 38.4 Å². The Labute approximate surface area is 208 Å². The van der Waals surface area contributed by atoms with E-state index in [-0.39, 0.29) is 18.0 Å². The van der Waals surface area contributed by atoms with E-state index >= 15 is 0 Å². The van der Waals surface area contributed by atoms with Crippen molar-refractivity contribution in [1.82, 2.24) is 19.7 Å². The summed E-state index contributed by atoms with van der Waals surface area (Å²) in [7, 11) is 0.